The molecule has 0 unspecified atom stereocenters. The van der Waals surface area contributed by atoms with Gasteiger partial charge in [-0.15, -0.1) is 0 Å². The first-order chi connectivity index (χ1) is 7.99. The first kappa shape index (κ1) is 13.8. The fraction of sp³-hybridized carbons (Fsp3) is 0.400. The Morgan fingerprint density at radius 1 is 1.59 bits per heavy atom. The van der Waals surface area contributed by atoms with Crippen LogP contribution in [0.3, 0.4) is 0 Å². The van der Waals surface area contributed by atoms with E-state index < -0.39 is 23.5 Å². The summed E-state index contributed by atoms with van der Waals surface area (Å²) in [5.74, 6) is -0.604. The van der Waals surface area contributed by atoms with Gasteiger partial charge in [0.15, 0.2) is 5.43 Å². The van der Waals surface area contributed by atoms with E-state index in [1.165, 1.54) is 7.11 Å². The first-order valence-corrected chi connectivity index (χ1v) is 5.77. The average molecular weight is 310 g/mol. The van der Waals surface area contributed by atoms with Gasteiger partial charge < -0.3 is 9.72 Å². The van der Waals surface area contributed by atoms with Gasteiger partial charge in [0.1, 0.15) is 0 Å². The molecular weight excluding hydrogens is 300 g/mol. The number of carbonyl (C=O) groups excluding carboxylic acids is 1. The number of ether oxygens (including phenoxy) is 1. The maximum Gasteiger partial charge on any atom is 0.311 e. The van der Waals surface area contributed by atoms with Crippen LogP contribution in [0.2, 0.25) is 0 Å². The average Bonchev–Trinajstić information content (AvgIpc) is 2.28. The lowest BCUT2D eigenvalue weighted by Crippen LogP contribution is -2.17. The number of alkyl halides is 3. The van der Waals surface area contributed by atoms with Crippen molar-refractivity contribution in [2.45, 2.75) is 18.2 Å². The molecule has 0 aliphatic rings. The Labute approximate surface area is 104 Å². The molecule has 1 N–H and O–H groups in total. The molecule has 7 heteroatoms. The molecular formula is C10H10BrF2NO3. The van der Waals surface area contributed by atoms with Crippen molar-refractivity contribution in [3.63, 3.8) is 0 Å². The lowest BCUT2D eigenvalue weighted by atomic mass is 10.1. The van der Waals surface area contributed by atoms with Gasteiger partial charge in [-0.2, -0.15) is 0 Å². The van der Waals surface area contributed by atoms with Gasteiger partial charge in [-0.3, -0.25) is 9.59 Å². The Bertz CT molecular complexity index is 473. The lowest BCUT2D eigenvalue weighted by molar-refractivity contribution is -0.139. The zero-order valence-corrected chi connectivity index (χ0v) is 10.5. The Kier molecular flexibility index (Phi) is 4.80. The van der Waals surface area contributed by atoms with E-state index in [-0.39, 0.29) is 23.0 Å². The van der Waals surface area contributed by atoms with Gasteiger partial charge >= 0.3 is 5.97 Å². The monoisotopic (exact) mass is 309 g/mol. The number of pyridine rings is 1. The SMILES string of the molecule is COC(=O)Cc1cc(=O)c(CBr)c(C(F)F)[nH]1. The van der Waals surface area contributed by atoms with Crippen LogP contribution >= 0.6 is 15.9 Å². The number of aromatic amines is 1. The number of esters is 1. The number of H-pyrrole nitrogens is 1. The van der Waals surface area contributed by atoms with Crippen molar-refractivity contribution in [1.82, 2.24) is 4.98 Å². The summed E-state index contributed by atoms with van der Waals surface area (Å²) in [7, 11) is 1.18. The molecule has 1 aromatic heterocycles. The Hall–Kier alpha value is -1.24. The molecule has 0 saturated heterocycles. The smallest absolute Gasteiger partial charge is 0.311 e. The summed E-state index contributed by atoms with van der Waals surface area (Å²) in [6.07, 6.45) is -3.04. The summed E-state index contributed by atoms with van der Waals surface area (Å²) < 4.78 is 29.8. The highest BCUT2D eigenvalue weighted by Crippen LogP contribution is 2.20. The van der Waals surface area contributed by atoms with Crippen LogP contribution in [0, 0.1) is 0 Å². The number of halogens is 3. The van der Waals surface area contributed by atoms with Gasteiger partial charge in [0.25, 0.3) is 6.43 Å². The minimum absolute atomic E-state index is 0.0283. The first-order valence-electron chi connectivity index (χ1n) is 4.65. The molecule has 0 amide bonds. The van der Waals surface area contributed by atoms with Crippen LogP contribution in [-0.4, -0.2) is 18.1 Å². The number of hydrogen-bond acceptors (Lipinski definition) is 3. The molecule has 0 aliphatic heterocycles. The van der Waals surface area contributed by atoms with Gasteiger partial charge in [0, 0.05) is 22.7 Å². The molecule has 1 aromatic rings. The van der Waals surface area contributed by atoms with Crippen molar-refractivity contribution in [2.75, 3.05) is 7.11 Å². The minimum atomic E-state index is -2.80. The van der Waals surface area contributed by atoms with Gasteiger partial charge in [-0.25, -0.2) is 8.78 Å². The molecule has 0 fully saturated rings. The van der Waals surface area contributed by atoms with Crippen LogP contribution in [0.15, 0.2) is 10.9 Å². The van der Waals surface area contributed by atoms with E-state index in [1.54, 1.807) is 0 Å². The fourth-order valence-electron chi connectivity index (χ4n) is 1.31. The van der Waals surface area contributed by atoms with E-state index in [0.29, 0.717) is 0 Å². The second-order valence-electron chi connectivity index (χ2n) is 3.24. The van der Waals surface area contributed by atoms with Gasteiger partial charge in [0.2, 0.25) is 0 Å². The predicted molar refractivity (Wildman–Crippen MR) is 60.4 cm³/mol. The third kappa shape index (κ3) is 3.36. The number of hydrogen-bond donors (Lipinski definition) is 1. The summed E-state index contributed by atoms with van der Waals surface area (Å²) in [5, 5.41) is 0.0283. The van der Waals surface area contributed by atoms with Gasteiger partial charge in [0.05, 0.1) is 19.2 Å². The molecule has 17 heavy (non-hydrogen) atoms. The van der Waals surface area contributed by atoms with Crippen LogP contribution in [0.4, 0.5) is 8.78 Å². The fourth-order valence-corrected chi connectivity index (χ4v) is 1.89. The van der Waals surface area contributed by atoms with Gasteiger partial charge in [-0.1, -0.05) is 15.9 Å². The molecule has 0 aromatic carbocycles. The largest absolute Gasteiger partial charge is 0.469 e. The number of aromatic nitrogens is 1. The quantitative estimate of drug-likeness (QED) is 0.683. The highest BCUT2D eigenvalue weighted by atomic mass is 79.9. The standard InChI is InChI=1S/C10H10BrF2NO3/c1-17-8(16)3-5-2-7(15)6(4-11)9(14-5)10(12)13/h2,10H,3-4H2,1H3,(H,14,15). The van der Waals surface area contributed by atoms with Crippen molar-refractivity contribution in [1.29, 1.82) is 0 Å². The third-order valence-corrected chi connectivity index (χ3v) is 2.70. The molecule has 0 bridgehead atoms. The lowest BCUT2D eigenvalue weighted by Gasteiger charge is -2.08. The number of methoxy groups -OCH3 is 1. The molecule has 94 valence electrons. The predicted octanol–water partition coefficient (Wildman–Crippen LogP) is 1.92. The summed E-state index contributed by atoms with van der Waals surface area (Å²) >= 11 is 2.97. The maximum atomic E-state index is 12.7. The van der Waals surface area contributed by atoms with Gasteiger partial charge in [-0.05, 0) is 0 Å². The Morgan fingerprint density at radius 3 is 2.71 bits per heavy atom. The molecule has 1 rings (SSSR count). The van der Waals surface area contributed by atoms with Crippen molar-refractivity contribution < 1.29 is 18.3 Å². The molecule has 4 nitrogen and oxygen atoms in total. The zero-order valence-electron chi connectivity index (χ0n) is 8.93. The normalized spacial score (nSPS) is 10.6. The van der Waals surface area contributed by atoms with E-state index in [0.717, 1.165) is 6.07 Å². The van der Waals surface area contributed by atoms with E-state index in [2.05, 4.69) is 25.7 Å². The third-order valence-electron chi connectivity index (χ3n) is 2.14. The van der Waals surface area contributed by atoms with Crippen LogP contribution in [0.5, 0.6) is 0 Å². The molecule has 0 atom stereocenters. The van der Waals surface area contributed by atoms with Crippen molar-refractivity contribution in [3.05, 3.63) is 33.2 Å². The Balaban J connectivity index is 3.20. The zero-order chi connectivity index (χ0) is 13.0. The van der Waals surface area contributed by atoms with E-state index in [1.807, 2.05) is 0 Å². The van der Waals surface area contributed by atoms with Crippen LogP contribution in [0.1, 0.15) is 23.4 Å². The molecule has 0 aliphatic carbocycles. The number of carbonyl (C=O) groups is 1. The number of nitrogens with one attached hydrogen (secondary N) is 1. The highest BCUT2D eigenvalue weighted by molar-refractivity contribution is 9.08. The van der Waals surface area contributed by atoms with Crippen LogP contribution < -0.4 is 5.43 Å². The summed E-state index contributed by atoms with van der Waals surface area (Å²) in [5.41, 5.74) is -0.918. The summed E-state index contributed by atoms with van der Waals surface area (Å²) in [6.45, 7) is 0. The summed E-state index contributed by atoms with van der Waals surface area (Å²) in [6, 6.07) is 1.12. The molecule has 0 saturated carbocycles. The van der Waals surface area contributed by atoms with Crippen LogP contribution in [-0.2, 0) is 21.3 Å². The second kappa shape index (κ2) is 5.90. The maximum absolute atomic E-state index is 12.7. The van der Waals surface area contributed by atoms with Crippen molar-refractivity contribution >= 4 is 21.9 Å². The molecule has 1 heterocycles. The number of rotatable bonds is 4. The summed E-state index contributed by atoms with van der Waals surface area (Å²) in [4.78, 5) is 24.9. The highest BCUT2D eigenvalue weighted by Gasteiger charge is 2.17. The molecule has 0 spiro atoms. The Morgan fingerprint density at radius 2 is 2.24 bits per heavy atom. The minimum Gasteiger partial charge on any atom is -0.469 e. The van der Waals surface area contributed by atoms with E-state index in [4.69, 9.17) is 0 Å². The molecule has 0 radical (unpaired) electrons. The van der Waals surface area contributed by atoms with Crippen molar-refractivity contribution in [3.8, 4) is 0 Å². The van der Waals surface area contributed by atoms with E-state index >= 15 is 0 Å². The second-order valence-corrected chi connectivity index (χ2v) is 3.80. The van der Waals surface area contributed by atoms with E-state index in [9.17, 15) is 18.4 Å². The van der Waals surface area contributed by atoms with Crippen LogP contribution in [0.25, 0.3) is 0 Å². The topological polar surface area (TPSA) is 59.2 Å². The van der Waals surface area contributed by atoms with Crippen molar-refractivity contribution in [2.24, 2.45) is 0 Å².